The Hall–Kier alpha value is -1.10. The molecule has 1 amide bonds. The monoisotopic (exact) mass is 226 g/mol. The summed E-state index contributed by atoms with van der Waals surface area (Å²) in [6.07, 6.45) is 2.76. The third-order valence-corrected chi connectivity index (χ3v) is 3.38. The Labute approximate surface area is 95.1 Å². The average Bonchev–Trinajstić information content (AvgIpc) is 2.83. The first-order valence-corrected chi connectivity index (χ1v) is 5.91. The van der Waals surface area contributed by atoms with E-state index in [0.717, 1.165) is 25.8 Å². The highest BCUT2D eigenvalue weighted by molar-refractivity contribution is 5.86. The normalized spacial score (nSPS) is 29.1. The highest BCUT2D eigenvalue weighted by Gasteiger charge is 2.49. The van der Waals surface area contributed by atoms with Crippen molar-refractivity contribution in [3.05, 3.63) is 0 Å². The van der Waals surface area contributed by atoms with Crippen LogP contribution in [0.1, 0.15) is 32.6 Å². The molecule has 2 rings (SSSR count). The van der Waals surface area contributed by atoms with Gasteiger partial charge in [-0.05, 0) is 25.8 Å². The second-order valence-electron chi connectivity index (χ2n) is 4.58. The summed E-state index contributed by atoms with van der Waals surface area (Å²) in [5.74, 6) is -0.333. The maximum Gasteiger partial charge on any atom is 0.332 e. The molecule has 90 valence electrons. The van der Waals surface area contributed by atoms with Crippen molar-refractivity contribution < 1.29 is 14.4 Å². The van der Waals surface area contributed by atoms with Gasteiger partial charge in [0.1, 0.15) is 0 Å². The van der Waals surface area contributed by atoms with Gasteiger partial charge in [-0.3, -0.25) is 4.79 Å². The molecule has 2 saturated heterocycles. The molecule has 5 nitrogen and oxygen atoms in total. The van der Waals surface area contributed by atoms with Gasteiger partial charge in [-0.15, -0.1) is 0 Å². The van der Waals surface area contributed by atoms with Crippen LogP contribution in [0.3, 0.4) is 0 Å². The summed E-state index contributed by atoms with van der Waals surface area (Å²) in [4.78, 5) is 28.5. The summed E-state index contributed by atoms with van der Waals surface area (Å²) in [6.45, 7) is 4.04. The standard InChI is InChI=1S/C11H18N2O3/c1-2-3-9(14)16-13-7-5-11(10(13)15)4-6-12-8-11/h12H,2-8H2,1H3. The van der Waals surface area contributed by atoms with Gasteiger partial charge in [0.15, 0.2) is 0 Å². The smallest absolute Gasteiger partial charge is 0.332 e. The lowest BCUT2D eigenvalue weighted by molar-refractivity contribution is -0.195. The molecule has 0 aromatic rings. The fraction of sp³-hybridized carbons (Fsp3) is 0.818. The fourth-order valence-electron chi connectivity index (χ4n) is 2.39. The second-order valence-corrected chi connectivity index (χ2v) is 4.58. The van der Waals surface area contributed by atoms with E-state index in [2.05, 4.69) is 5.32 Å². The first kappa shape index (κ1) is 11.4. The minimum absolute atomic E-state index is 0.0260. The number of hydrogen-bond acceptors (Lipinski definition) is 4. The molecule has 2 aliphatic heterocycles. The zero-order chi connectivity index (χ0) is 11.6. The van der Waals surface area contributed by atoms with Gasteiger partial charge in [0.05, 0.1) is 12.0 Å². The van der Waals surface area contributed by atoms with E-state index in [9.17, 15) is 9.59 Å². The molecule has 0 bridgehead atoms. The molecule has 0 aliphatic carbocycles. The van der Waals surface area contributed by atoms with Crippen molar-refractivity contribution in [2.24, 2.45) is 5.41 Å². The SMILES string of the molecule is CCCC(=O)ON1CCC2(CCNC2)C1=O. The molecular formula is C11H18N2O3. The van der Waals surface area contributed by atoms with Crippen LogP contribution in [0.4, 0.5) is 0 Å². The van der Waals surface area contributed by atoms with Crippen LogP contribution < -0.4 is 5.32 Å². The Morgan fingerprint density at radius 1 is 1.56 bits per heavy atom. The van der Waals surface area contributed by atoms with Crippen molar-refractivity contribution in [1.29, 1.82) is 0 Å². The van der Waals surface area contributed by atoms with Gasteiger partial charge in [-0.25, -0.2) is 4.79 Å². The summed E-state index contributed by atoms with van der Waals surface area (Å²) in [7, 11) is 0. The van der Waals surface area contributed by atoms with Crippen molar-refractivity contribution >= 4 is 11.9 Å². The Morgan fingerprint density at radius 3 is 3.00 bits per heavy atom. The number of hydroxylamine groups is 2. The molecule has 0 radical (unpaired) electrons. The maximum atomic E-state index is 12.1. The van der Waals surface area contributed by atoms with Gasteiger partial charge >= 0.3 is 5.97 Å². The lowest BCUT2D eigenvalue weighted by Gasteiger charge is -2.20. The van der Waals surface area contributed by atoms with Crippen LogP contribution in [0.15, 0.2) is 0 Å². The largest absolute Gasteiger partial charge is 0.338 e. The third-order valence-electron chi connectivity index (χ3n) is 3.38. The quantitative estimate of drug-likeness (QED) is 0.759. The molecular weight excluding hydrogens is 208 g/mol. The summed E-state index contributed by atoms with van der Waals surface area (Å²) in [5, 5.41) is 4.45. The molecule has 16 heavy (non-hydrogen) atoms. The number of nitrogens with one attached hydrogen (secondary N) is 1. The van der Waals surface area contributed by atoms with Crippen molar-refractivity contribution in [2.45, 2.75) is 32.6 Å². The van der Waals surface area contributed by atoms with E-state index in [1.165, 1.54) is 5.06 Å². The predicted octanol–water partition coefficient (Wildman–Crippen LogP) is 0.457. The van der Waals surface area contributed by atoms with Crippen molar-refractivity contribution in [1.82, 2.24) is 10.4 Å². The van der Waals surface area contributed by atoms with E-state index in [-0.39, 0.29) is 17.3 Å². The van der Waals surface area contributed by atoms with E-state index in [1.54, 1.807) is 0 Å². The second kappa shape index (κ2) is 4.41. The van der Waals surface area contributed by atoms with E-state index < -0.39 is 0 Å². The summed E-state index contributed by atoms with van der Waals surface area (Å²) in [6, 6.07) is 0. The molecule has 1 atom stereocenters. The number of carbonyl (C=O) groups excluding carboxylic acids is 2. The van der Waals surface area contributed by atoms with Crippen LogP contribution in [0, 0.1) is 5.41 Å². The highest BCUT2D eigenvalue weighted by Crippen LogP contribution is 2.37. The molecule has 1 N–H and O–H groups in total. The molecule has 0 aromatic carbocycles. The average molecular weight is 226 g/mol. The highest BCUT2D eigenvalue weighted by atomic mass is 16.7. The van der Waals surface area contributed by atoms with Crippen LogP contribution >= 0.6 is 0 Å². The molecule has 2 heterocycles. The Balaban J connectivity index is 1.94. The Bertz CT molecular complexity index is 298. The van der Waals surface area contributed by atoms with Crippen LogP contribution in [-0.4, -0.2) is 36.6 Å². The predicted molar refractivity (Wildman–Crippen MR) is 57.2 cm³/mol. The Kier molecular flexibility index (Phi) is 3.14. The van der Waals surface area contributed by atoms with E-state index >= 15 is 0 Å². The van der Waals surface area contributed by atoms with Crippen molar-refractivity contribution in [3.8, 4) is 0 Å². The molecule has 2 aliphatic rings. The lowest BCUT2D eigenvalue weighted by Crippen LogP contribution is -2.37. The molecule has 5 heteroatoms. The number of carbonyl (C=O) groups is 2. The number of hydrogen-bond donors (Lipinski definition) is 1. The zero-order valence-electron chi connectivity index (χ0n) is 9.62. The minimum atomic E-state index is -0.307. The zero-order valence-corrected chi connectivity index (χ0v) is 9.62. The fourth-order valence-corrected chi connectivity index (χ4v) is 2.39. The number of rotatable bonds is 3. The van der Waals surface area contributed by atoms with E-state index in [0.29, 0.717) is 19.5 Å². The van der Waals surface area contributed by atoms with Gasteiger partial charge in [-0.2, -0.15) is 5.06 Å². The van der Waals surface area contributed by atoms with Gasteiger partial charge in [-0.1, -0.05) is 6.92 Å². The van der Waals surface area contributed by atoms with Gasteiger partial charge < -0.3 is 10.2 Å². The third kappa shape index (κ3) is 1.91. The summed E-state index contributed by atoms with van der Waals surface area (Å²) >= 11 is 0. The minimum Gasteiger partial charge on any atom is -0.338 e. The van der Waals surface area contributed by atoms with Crippen LogP contribution in [-0.2, 0) is 14.4 Å². The van der Waals surface area contributed by atoms with Crippen molar-refractivity contribution in [3.63, 3.8) is 0 Å². The lowest BCUT2D eigenvalue weighted by atomic mass is 9.86. The first-order chi connectivity index (χ1) is 7.68. The summed E-state index contributed by atoms with van der Waals surface area (Å²) < 4.78 is 0. The molecule has 2 fully saturated rings. The van der Waals surface area contributed by atoms with Crippen LogP contribution in [0.25, 0.3) is 0 Å². The molecule has 0 saturated carbocycles. The number of nitrogens with zero attached hydrogens (tertiary/aromatic N) is 1. The number of amides is 1. The van der Waals surface area contributed by atoms with Crippen molar-refractivity contribution in [2.75, 3.05) is 19.6 Å². The molecule has 0 aromatic heterocycles. The first-order valence-electron chi connectivity index (χ1n) is 5.91. The van der Waals surface area contributed by atoms with Crippen LogP contribution in [0.5, 0.6) is 0 Å². The van der Waals surface area contributed by atoms with E-state index in [1.807, 2.05) is 6.92 Å². The van der Waals surface area contributed by atoms with Gasteiger partial charge in [0.2, 0.25) is 0 Å². The van der Waals surface area contributed by atoms with Crippen LogP contribution in [0.2, 0.25) is 0 Å². The van der Waals surface area contributed by atoms with Gasteiger partial charge in [0.25, 0.3) is 5.91 Å². The van der Waals surface area contributed by atoms with E-state index in [4.69, 9.17) is 4.84 Å². The Morgan fingerprint density at radius 2 is 2.38 bits per heavy atom. The van der Waals surface area contributed by atoms with Gasteiger partial charge in [0, 0.05) is 13.0 Å². The summed E-state index contributed by atoms with van der Waals surface area (Å²) in [5.41, 5.74) is -0.299. The molecule has 1 unspecified atom stereocenters. The topological polar surface area (TPSA) is 58.6 Å². The maximum absolute atomic E-state index is 12.1. The molecule has 1 spiro atoms.